The molecule has 98 valence electrons. The van der Waals surface area contributed by atoms with Crippen molar-refractivity contribution in [1.82, 2.24) is 20.3 Å². The quantitative estimate of drug-likeness (QED) is 0.593. The van der Waals surface area contributed by atoms with Gasteiger partial charge in [-0.3, -0.25) is 0 Å². The van der Waals surface area contributed by atoms with Gasteiger partial charge in [-0.1, -0.05) is 12.1 Å². The van der Waals surface area contributed by atoms with Crippen molar-refractivity contribution in [3.8, 4) is 0 Å². The van der Waals surface area contributed by atoms with Gasteiger partial charge in [-0.25, -0.2) is 4.68 Å². The van der Waals surface area contributed by atoms with Crippen LogP contribution >= 0.6 is 0 Å². The molecule has 6 nitrogen and oxygen atoms in total. The molecule has 1 atom stereocenters. The van der Waals surface area contributed by atoms with Gasteiger partial charge in [0.15, 0.2) is 0 Å². The van der Waals surface area contributed by atoms with Crippen LogP contribution in [0.15, 0.2) is 6.20 Å². The number of hydrogen-bond donors (Lipinski definition) is 3. The zero-order chi connectivity index (χ0) is 12.7. The summed E-state index contributed by atoms with van der Waals surface area (Å²) < 4.78 is 1.62. The highest BCUT2D eigenvalue weighted by Crippen LogP contribution is 2.14. The standard InChI is InChI=1S/C11H22N4O2/c1-3-11(2,4-6-16)12-8-10-9-15(5-7-17)14-13-10/h9,12,16-17H,3-8H2,1-2H3. The summed E-state index contributed by atoms with van der Waals surface area (Å²) in [4.78, 5) is 0. The van der Waals surface area contributed by atoms with Crippen LogP contribution in [0, 0.1) is 0 Å². The molecule has 17 heavy (non-hydrogen) atoms. The monoisotopic (exact) mass is 242 g/mol. The molecule has 1 aromatic rings. The first-order valence-electron chi connectivity index (χ1n) is 5.99. The van der Waals surface area contributed by atoms with Crippen molar-refractivity contribution in [2.24, 2.45) is 0 Å². The van der Waals surface area contributed by atoms with E-state index in [1.807, 2.05) is 6.20 Å². The van der Waals surface area contributed by atoms with E-state index in [0.717, 1.165) is 12.1 Å². The molecule has 0 aliphatic heterocycles. The number of rotatable bonds is 8. The Hall–Kier alpha value is -0.980. The van der Waals surface area contributed by atoms with E-state index in [0.29, 0.717) is 19.5 Å². The molecule has 1 rings (SSSR count). The van der Waals surface area contributed by atoms with E-state index >= 15 is 0 Å². The second kappa shape index (κ2) is 6.68. The van der Waals surface area contributed by atoms with Crippen molar-refractivity contribution in [1.29, 1.82) is 0 Å². The Bertz CT molecular complexity index is 329. The van der Waals surface area contributed by atoms with E-state index in [4.69, 9.17) is 10.2 Å². The van der Waals surface area contributed by atoms with Crippen LogP contribution in [-0.4, -0.2) is 44.0 Å². The molecule has 0 bridgehead atoms. The predicted molar refractivity (Wildman–Crippen MR) is 64.3 cm³/mol. The minimum absolute atomic E-state index is 0.0629. The number of aliphatic hydroxyl groups excluding tert-OH is 2. The number of nitrogens with zero attached hydrogens (tertiary/aromatic N) is 3. The molecule has 0 radical (unpaired) electrons. The lowest BCUT2D eigenvalue weighted by Crippen LogP contribution is -2.42. The molecule has 6 heteroatoms. The topological polar surface area (TPSA) is 83.2 Å². The van der Waals surface area contributed by atoms with Crippen LogP contribution in [0.1, 0.15) is 32.4 Å². The largest absolute Gasteiger partial charge is 0.396 e. The van der Waals surface area contributed by atoms with Crippen molar-refractivity contribution in [2.75, 3.05) is 13.2 Å². The van der Waals surface area contributed by atoms with Crippen molar-refractivity contribution in [3.05, 3.63) is 11.9 Å². The maximum Gasteiger partial charge on any atom is 0.0965 e. The first kappa shape index (κ1) is 14.1. The summed E-state index contributed by atoms with van der Waals surface area (Å²) in [5.74, 6) is 0. The van der Waals surface area contributed by atoms with Gasteiger partial charge in [0, 0.05) is 24.9 Å². The Labute approximate surface area is 102 Å². The summed E-state index contributed by atoms with van der Waals surface area (Å²) in [6.45, 7) is 5.50. The van der Waals surface area contributed by atoms with Crippen LogP contribution in [0.3, 0.4) is 0 Å². The Kier molecular flexibility index (Phi) is 5.54. The van der Waals surface area contributed by atoms with Gasteiger partial charge in [-0.15, -0.1) is 5.10 Å². The van der Waals surface area contributed by atoms with Gasteiger partial charge in [-0.2, -0.15) is 0 Å². The van der Waals surface area contributed by atoms with Crippen LogP contribution in [-0.2, 0) is 13.1 Å². The molecule has 1 aromatic heterocycles. The lowest BCUT2D eigenvalue weighted by Gasteiger charge is -2.28. The second-order valence-corrected chi connectivity index (χ2v) is 4.44. The van der Waals surface area contributed by atoms with Gasteiger partial charge in [0.2, 0.25) is 0 Å². The minimum Gasteiger partial charge on any atom is -0.396 e. The average Bonchev–Trinajstić information content (AvgIpc) is 2.75. The lowest BCUT2D eigenvalue weighted by molar-refractivity contribution is 0.214. The summed E-state index contributed by atoms with van der Waals surface area (Å²) in [5.41, 5.74) is 0.770. The molecule has 3 N–H and O–H groups in total. The van der Waals surface area contributed by atoms with Gasteiger partial charge in [0.05, 0.1) is 18.8 Å². The Balaban J connectivity index is 2.47. The Morgan fingerprint density at radius 2 is 2.18 bits per heavy atom. The smallest absolute Gasteiger partial charge is 0.0965 e. The summed E-state index contributed by atoms with van der Waals surface area (Å²) in [7, 11) is 0. The van der Waals surface area contributed by atoms with Crippen LogP contribution in [0.4, 0.5) is 0 Å². The number of aromatic nitrogens is 3. The first-order chi connectivity index (χ1) is 8.13. The van der Waals surface area contributed by atoms with E-state index in [1.165, 1.54) is 0 Å². The average molecular weight is 242 g/mol. The van der Waals surface area contributed by atoms with E-state index in [9.17, 15) is 0 Å². The Morgan fingerprint density at radius 3 is 2.76 bits per heavy atom. The van der Waals surface area contributed by atoms with Gasteiger partial charge < -0.3 is 15.5 Å². The lowest BCUT2D eigenvalue weighted by atomic mass is 9.95. The summed E-state index contributed by atoms with van der Waals surface area (Å²) in [6, 6.07) is 0. The number of aliphatic hydroxyl groups is 2. The maximum atomic E-state index is 9.00. The molecule has 0 spiro atoms. The van der Waals surface area contributed by atoms with Crippen molar-refractivity contribution in [2.45, 2.75) is 45.3 Å². The van der Waals surface area contributed by atoms with E-state index < -0.39 is 0 Å². The second-order valence-electron chi connectivity index (χ2n) is 4.44. The zero-order valence-electron chi connectivity index (χ0n) is 10.6. The highest BCUT2D eigenvalue weighted by molar-refractivity contribution is 4.94. The van der Waals surface area contributed by atoms with Crippen LogP contribution in [0.5, 0.6) is 0 Å². The fraction of sp³-hybridized carbons (Fsp3) is 0.818. The molecule has 0 aliphatic rings. The maximum absolute atomic E-state index is 9.00. The van der Waals surface area contributed by atoms with Gasteiger partial charge >= 0.3 is 0 Å². The summed E-state index contributed by atoms with van der Waals surface area (Å²) in [5, 5.41) is 29.1. The fourth-order valence-electron chi connectivity index (χ4n) is 1.57. The van der Waals surface area contributed by atoms with E-state index in [1.54, 1.807) is 4.68 Å². The molecule has 0 aromatic carbocycles. The highest BCUT2D eigenvalue weighted by Gasteiger charge is 2.20. The molecule has 0 aliphatic carbocycles. The molecule has 1 unspecified atom stereocenters. The predicted octanol–water partition coefficient (Wildman–Crippen LogP) is -0.0889. The Morgan fingerprint density at radius 1 is 1.41 bits per heavy atom. The molecule has 0 amide bonds. The van der Waals surface area contributed by atoms with E-state index in [2.05, 4.69) is 29.5 Å². The first-order valence-corrected chi connectivity index (χ1v) is 5.99. The molecule has 1 heterocycles. The summed E-state index contributed by atoms with van der Waals surface area (Å²) >= 11 is 0. The number of hydrogen-bond acceptors (Lipinski definition) is 5. The van der Waals surface area contributed by atoms with Crippen LogP contribution in [0.25, 0.3) is 0 Å². The van der Waals surface area contributed by atoms with E-state index in [-0.39, 0.29) is 18.8 Å². The van der Waals surface area contributed by atoms with Crippen LogP contribution < -0.4 is 5.32 Å². The molecular weight excluding hydrogens is 220 g/mol. The van der Waals surface area contributed by atoms with Gasteiger partial charge in [0.1, 0.15) is 0 Å². The molecule has 0 fully saturated rings. The van der Waals surface area contributed by atoms with Gasteiger partial charge in [-0.05, 0) is 19.8 Å². The third kappa shape index (κ3) is 4.41. The SMILES string of the molecule is CCC(C)(CCO)NCc1cn(CCO)nn1. The normalized spacial score (nSPS) is 14.8. The third-order valence-corrected chi connectivity index (χ3v) is 3.06. The number of nitrogens with one attached hydrogen (secondary N) is 1. The highest BCUT2D eigenvalue weighted by atomic mass is 16.3. The zero-order valence-corrected chi connectivity index (χ0v) is 10.6. The van der Waals surface area contributed by atoms with Crippen molar-refractivity contribution >= 4 is 0 Å². The molecule has 0 saturated carbocycles. The van der Waals surface area contributed by atoms with Crippen molar-refractivity contribution < 1.29 is 10.2 Å². The van der Waals surface area contributed by atoms with Crippen LogP contribution in [0.2, 0.25) is 0 Å². The van der Waals surface area contributed by atoms with Crippen molar-refractivity contribution in [3.63, 3.8) is 0 Å². The summed E-state index contributed by atoms with van der Waals surface area (Å²) in [6.07, 6.45) is 3.48. The third-order valence-electron chi connectivity index (χ3n) is 3.06. The molecular formula is C11H22N4O2. The minimum atomic E-state index is -0.0739. The van der Waals surface area contributed by atoms with Gasteiger partial charge in [0.25, 0.3) is 0 Å². The fourth-order valence-corrected chi connectivity index (χ4v) is 1.57. The molecule has 0 saturated heterocycles.